The van der Waals surface area contributed by atoms with Crippen LogP contribution in [0.2, 0.25) is 0 Å². The summed E-state index contributed by atoms with van der Waals surface area (Å²) in [5.41, 5.74) is 9.75. The lowest BCUT2D eigenvalue weighted by Gasteiger charge is -2.10. The van der Waals surface area contributed by atoms with Gasteiger partial charge < -0.3 is 4.57 Å². The van der Waals surface area contributed by atoms with Crippen LogP contribution in [0.5, 0.6) is 0 Å². The molecule has 0 saturated heterocycles. The minimum atomic E-state index is 0.0955. The second-order valence-corrected chi connectivity index (χ2v) is 13.2. The van der Waals surface area contributed by atoms with Gasteiger partial charge in [-0.1, -0.05) is 84.2 Å². The van der Waals surface area contributed by atoms with Crippen LogP contribution in [0.25, 0.3) is 16.5 Å². The molecule has 4 nitrogen and oxygen atoms in total. The van der Waals surface area contributed by atoms with Gasteiger partial charge >= 0.3 is 0 Å². The van der Waals surface area contributed by atoms with Crippen LogP contribution in [-0.2, 0) is 11.9 Å². The summed E-state index contributed by atoms with van der Waals surface area (Å²) in [6.07, 6.45) is 0. The number of allylic oxidation sites excluding steroid dienone is 1. The van der Waals surface area contributed by atoms with Gasteiger partial charge in [0.05, 0.1) is 5.22 Å². The normalized spacial score (nSPS) is 11.6. The molecule has 0 saturated carbocycles. The number of Topliss-reactive ketones (excluding diaryl/α,β-unsaturated/α-hetero) is 2. The van der Waals surface area contributed by atoms with E-state index in [1.807, 2.05) is 61.5 Å². The standard InChI is InChI=1S/C19H18BrNO.C12H11NO.C7H6Br2/c1-12-13(2)21(11-16-6-4-5-7-18(16)20)19-9-8-15(14(3)22)10-17(12)19;1-7-8(2)13-12-5-4-10(9(3)14)6-11(7)12;8-5-6-3-1-2-4-7(6)9/h4-10H,11H2,1-3H3;4-6H,2H2,1,3H3;1-4H,5H2/p+1. The fourth-order valence-electron chi connectivity index (χ4n) is 5.08. The summed E-state index contributed by atoms with van der Waals surface area (Å²) >= 11 is 10.4. The number of ketones is 2. The molecule has 0 spiro atoms. The summed E-state index contributed by atoms with van der Waals surface area (Å²) in [6, 6.07) is 28.1. The van der Waals surface area contributed by atoms with Gasteiger partial charge in [0.25, 0.3) is 0 Å². The van der Waals surface area contributed by atoms with Crippen molar-refractivity contribution < 1.29 is 14.6 Å². The largest absolute Gasteiger partial charge is 0.340 e. The molecule has 230 valence electrons. The maximum atomic E-state index is 11.6. The number of carbonyl (C=O) groups excluding carboxylic acids is 2. The van der Waals surface area contributed by atoms with Gasteiger partial charge in [-0.25, -0.2) is 4.99 Å². The van der Waals surface area contributed by atoms with Gasteiger partial charge in [0.1, 0.15) is 0 Å². The van der Waals surface area contributed by atoms with Gasteiger partial charge in [0, 0.05) is 60.2 Å². The topological polar surface area (TPSA) is 53.0 Å². The molecule has 7 heteroatoms. The van der Waals surface area contributed by atoms with Gasteiger partial charge in [-0.2, -0.15) is 0 Å². The highest BCUT2D eigenvalue weighted by molar-refractivity contribution is 9.11. The molecule has 0 atom stereocenters. The zero-order valence-corrected chi connectivity index (χ0v) is 30.9. The third-order valence-electron chi connectivity index (χ3n) is 8.00. The molecule has 2 heterocycles. The van der Waals surface area contributed by atoms with Crippen molar-refractivity contribution in [2.24, 2.45) is 0 Å². The fraction of sp³-hybridized carbons (Fsp3) is 0.184. The van der Waals surface area contributed by atoms with E-state index < -0.39 is 0 Å². The van der Waals surface area contributed by atoms with Crippen LogP contribution >= 0.6 is 47.8 Å². The zero-order chi connectivity index (χ0) is 32.8. The Morgan fingerprint density at radius 3 is 1.89 bits per heavy atom. The minimum Gasteiger partial charge on any atom is -0.340 e. The summed E-state index contributed by atoms with van der Waals surface area (Å²) < 4.78 is 4.60. The molecule has 0 amide bonds. The Bertz CT molecular complexity index is 2060. The van der Waals surface area contributed by atoms with E-state index in [9.17, 15) is 9.59 Å². The van der Waals surface area contributed by atoms with Crippen LogP contribution in [0.15, 0.2) is 106 Å². The maximum Gasteiger partial charge on any atom is 0.211 e. The Labute approximate surface area is 290 Å². The Morgan fingerprint density at radius 1 is 0.778 bits per heavy atom. The molecule has 1 aliphatic rings. The maximum absolute atomic E-state index is 11.6. The monoisotopic (exact) mass is 789 g/mol. The number of nitrogens with zero attached hydrogens (tertiary/aromatic N) is 1. The second kappa shape index (κ2) is 15.3. The van der Waals surface area contributed by atoms with Crippen LogP contribution in [0.1, 0.15) is 63.9 Å². The molecule has 1 N–H and O–H groups in total. The van der Waals surface area contributed by atoms with E-state index >= 15 is 0 Å². The van der Waals surface area contributed by atoms with Crippen LogP contribution in [0.4, 0.5) is 0 Å². The smallest absolute Gasteiger partial charge is 0.211 e. The summed E-state index contributed by atoms with van der Waals surface area (Å²) in [7, 11) is 0. The Hall–Kier alpha value is -3.39. The van der Waals surface area contributed by atoms with Crippen LogP contribution in [0, 0.1) is 13.8 Å². The van der Waals surface area contributed by atoms with Crippen molar-refractivity contribution in [3.8, 4) is 0 Å². The number of alkyl halides is 1. The molecule has 0 radical (unpaired) electrons. The van der Waals surface area contributed by atoms with Crippen molar-refractivity contribution in [3.63, 3.8) is 0 Å². The van der Waals surface area contributed by atoms with Crippen molar-refractivity contribution in [2.75, 3.05) is 0 Å². The molecular weight excluding hydrogens is 756 g/mol. The highest BCUT2D eigenvalue weighted by atomic mass is 79.9. The van der Waals surface area contributed by atoms with Crippen LogP contribution < -0.4 is 15.6 Å². The van der Waals surface area contributed by atoms with Crippen molar-refractivity contribution in [1.82, 2.24) is 4.57 Å². The molecule has 5 aromatic rings. The molecular formula is C38H36Br3N2O2+. The van der Waals surface area contributed by atoms with Gasteiger partial charge in [-0.15, -0.1) is 0 Å². The number of halogens is 3. The van der Waals surface area contributed by atoms with Gasteiger partial charge in [-0.05, 0) is 100 Å². The van der Waals surface area contributed by atoms with E-state index in [-0.39, 0.29) is 11.6 Å². The molecule has 1 aromatic heterocycles. The number of carbonyl (C=O) groups is 2. The molecule has 0 unspecified atom stereocenters. The zero-order valence-electron chi connectivity index (χ0n) is 26.1. The number of hydrogen-bond donors (Lipinski definition) is 1. The quantitative estimate of drug-likeness (QED) is 0.146. The number of benzene rings is 4. The number of rotatable bonds is 5. The average molecular weight is 792 g/mol. The Balaban J connectivity index is 0.000000171. The van der Waals surface area contributed by atoms with E-state index in [0.717, 1.165) is 54.7 Å². The molecule has 4 aromatic carbocycles. The molecule has 0 aliphatic carbocycles. The number of hydrogen-bond acceptors (Lipinski definition) is 2. The summed E-state index contributed by atoms with van der Waals surface area (Å²) in [5.74, 6) is 0.204. The van der Waals surface area contributed by atoms with Gasteiger partial charge in [0.15, 0.2) is 11.6 Å². The van der Waals surface area contributed by atoms with E-state index in [1.54, 1.807) is 13.8 Å². The number of aromatic nitrogens is 1. The predicted octanol–water partition coefficient (Wildman–Crippen LogP) is 7.90. The Morgan fingerprint density at radius 2 is 1.33 bits per heavy atom. The lowest BCUT2D eigenvalue weighted by Crippen LogP contribution is -2.73. The second-order valence-electron chi connectivity index (χ2n) is 10.9. The van der Waals surface area contributed by atoms with Gasteiger partial charge in [0.2, 0.25) is 11.1 Å². The first-order chi connectivity index (χ1) is 21.4. The highest BCUT2D eigenvalue weighted by Gasteiger charge is 2.15. The summed E-state index contributed by atoms with van der Waals surface area (Å²) in [4.78, 5) is 26.0. The van der Waals surface area contributed by atoms with Crippen molar-refractivity contribution in [2.45, 2.75) is 46.5 Å². The fourth-order valence-corrected chi connectivity index (χ4v) is 6.78. The third-order valence-corrected chi connectivity index (χ3v) is 10.2. The lowest BCUT2D eigenvalue weighted by molar-refractivity contribution is -0.431. The van der Waals surface area contributed by atoms with E-state index in [4.69, 9.17) is 0 Å². The molecule has 0 bridgehead atoms. The van der Waals surface area contributed by atoms with Crippen LogP contribution in [0.3, 0.4) is 0 Å². The highest BCUT2D eigenvalue weighted by Crippen LogP contribution is 2.28. The van der Waals surface area contributed by atoms with Crippen molar-refractivity contribution in [1.29, 1.82) is 0 Å². The van der Waals surface area contributed by atoms with E-state index in [0.29, 0.717) is 0 Å². The predicted molar refractivity (Wildman–Crippen MR) is 195 cm³/mol. The number of nitrogens with one attached hydrogen (secondary N) is 1. The van der Waals surface area contributed by atoms with E-state index in [2.05, 4.69) is 108 Å². The van der Waals surface area contributed by atoms with E-state index in [1.165, 1.54) is 32.4 Å². The number of aryl methyl sites for hydroxylation is 1. The first-order valence-corrected chi connectivity index (χ1v) is 17.2. The average Bonchev–Trinajstić information content (AvgIpc) is 3.45. The van der Waals surface area contributed by atoms with Crippen molar-refractivity contribution >= 4 is 75.8 Å². The van der Waals surface area contributed by atoms with Gasteiger partial charge in [-0.3, -0.25) is 9.59 Å². The van der Waals surface area contributed by atoms with Crippen LogP contribution in [-0.4, -0.2) is 16.1 Å². The summed E-state index contributed by atoms with van der Waals surface area (Å²) in [6.45, 7) is 14.2. The molecule has 6 rings (SSSR count). The first-order valence-electron chi connectivity index (χ1n) is 14.5. The Kier molecular flexibility index (Phi) is 11.7. The first kappa shape index (κ1) is 34.5. The SMILES string of the molecule is BrCc1ccccc1Br.C=C1[NH+]=c2ccc(C(C)=O)cc2=C1C.CC(=O)c1ccc2c(c1)c(C)c(C)n2Cc1ccccc1Br. The van der Waals surface area contributed by atoms with Crippen molar-refractivity contribution in [3.05, 3.63) is 150 Å². The summed E-state index contributed by atoms with van der Waals surface area (Å²) in [5, 5.41) is 4.20. The molecule has 1 aliphatic heterocycles. The minimum absolute atomic E-state index is 0.0955. The number of fused-ring (bicyclic) bond motifs is 2. The lowest BCUT2D eigenvalue weighted by atomic mass is 10.1. The molecule has 0 fully saturated rings. The third kappa shape index (κ3) is 8.07. The molecule has 45 heavy (non-hydrogen) atoms.